The van der Waals surface area contributed by atoms with Crippen molar-refractivity contribution in [2.24, 2.45) is 5.41 Å². The zero-order valence-electron chi connectivity index (χ0n) is 17.3. The molecule has 3 aliphatic rings. The van der Waals surface area contributed by atoms with E-state index in [9.17, 15) is 14.7 Å². The van der Waals surface area contributed by atoms with E-state index >= 15 is 0 Å². The van der Waals surface area contributed by atoms with Crippen molar-refractivity contribution in [3.63, 3.8) is 0 Å². The smallest absolute Gasteiger partial charge is 0.326 e. The fourth-order valence-corrected chi connectivity index (χ4v) is 6.32. The largest absolute Gasteiger partial charge is 0.480 e. The number of thiocarbonyl (C=S) groups is 1. The number of thioether (sulfide) groups is 1. The van der Waals surface area contributed by atoms with Gasteiger partial charge in [-0.05, 0) is 61.8 Å². The number of amides is 1. The van der Waals surface area contributed by atoms with Crippen molar-refractivity contribution in [1.82, 2.24) is 4.90 Å². The first-order valence-corrected chi connectivity index (χ1v) is 12.0. The average Bonchev–Trinajstić information content (AvgIpc) is 3.02. The first-order valence-electron chi connectivity index (χ1n) is 10.7. The van der Waals surface area contributed by atoms with E-state index in [2.05, 4.69) is 17.0 Å². The number of anilines is 1. The molecule has 7 heteroatoms. The molecular weight excluding hydrogens is 416 g/mol. The van der Waals surface area contributed by atoms with E-state index in [0.717, 1.165) is 30.4 Å². The fourth-order valence-electron chi connectivity index (χ4n) is 4.90. The Kier molecular flexibility index (Phi) is 6.21. The molecule has 1 aromatic rings. The van der Waals surface area contributed by atoms with Gasteiger partial charge in [0.2, 0.25) is 0 Å². The summed E-state index contributed by atoms with van der Waals surface area (Å²) in [6.07, 6.45) is 11.4. The molecule has 5 nitrogen and oxygen atoms in total. The molecule has 1 amide bonds. The van der Waals surface area contributed by atoms with Crippen molar-refractivity contribution < 1.29 is 14.7 Å². The van der Waals surface area contributed by atoms with Crippen LogP contribution in [0, 0.1) is 5.41 Å². The van der Waals surface area contributed by atoms with Crippen molar-refractivity contribution >= 4 is 51.9 Å². The SMILES string of the molecule is CC(C(=O)O)N1C(=O)C(=Cc2ccc(N3CCC4(CCCCC4)CC3)cc2)SC1=S. The van der Waals surface area contributed by atoms with Gasteiger partial charge >= 0.3 is 5.97 Å². The van der Waals surface area contributed by atoms with E-state index in [1.165, 1.54) is 62.5 Å². The van der Waals surface area contributed by atoms with Crippen molar-refractivity contribution in [2.75, 3.05) is 18.0 Å². The van der Waals surface area contributed by atoms with Crippen LogP contribution in [0.4, 0.5) is 5.69 Å². The summed E-state index contributed by atoms with van der Waals surface area (Å²) in [6.45, 7) is 3.71. The minimum absolute atomic E-state index is 0.294. The molecule has 1 aromatic carbocycles. The highest BCUT2D eigenvalue weighted by Crippen LogP contribution is 2.45. The van der Waals surface area contributed by atoms with Gasteiger partial charge in [-0.1, -0.05) is 55.4 Å². The van der Waals surface area contributed by atoms with Crippen LogP contribution < -0.4 is 4.90 Å². The highest BCUT2D eigenvalue weighted by Gasteiger charge is 2.38. The van der Waals surface area contributed by atoms with Gasteiger partial charge in [0.25, 0.3) is 5.91 Å². The molecule has 0 aromatic heterocycles. The summed E-state index contributed by atoms with van der Waals surface area (Å²) in [5.41, 5.74) is 2.74. The summed E-state index contributed by atoms with van der Waals surface area (Å²) in [5, 5.41) is 9.20. The Balaban J connectivity index is 1.41. The second-order valence-corrected chi connectivity index (χ2v) is 10.4. The molecule has 4 rings (SSSR count). The maximum absolute atomic E-state index is 12.6. The van der Waals surface area contributed by atoms with Gasteiger partial charge in [-0.25, -0.2) is 4.79 Å². The minimum Gasteiger partial charge on any atom is -0.480 e. The molecule has 0 radical (unpaired) electrons. The Morgan fingerprint density at radius 2 is 1.77 bits per heavy atom. The fraction of sp³-hybridized carbons (Fsp3) is 0.522. The summed E-state index contributed by atoms with van der Waals surface area (Å²) >= 11 is 6.38. The third-order valence-corrected chi connectivity index (χ3v) is 8.19. The van der Waals surface area contributed by atoms with Crippen LogP contribution in [-0.4, -0.2) is 45.3 Å². The zero-order valence-corrected chi connectivity index (χ0v) is 18.9. The number of aliphatic carboxylic acids is 1. The molecule has 1 saturated carbocycles. The molecule has 1 atom stereocenters. The number of nitrogens with zero attached hydrogens (tertiary/aromatic N) is 2. The van der Waals surface area contributed by atoms with Crippen LogP contribution in [0.2, 0.25) is 0 Å². The minimum atomic E-state index is -1.06. The van der Waals surface area contributed by atoms with Gasteiger partial charge in [0.05, 0.1) is 4.91 Å². The molecule has 3 fully saturated rings. The first-order chi connectivity index (χ1) is 14.4. The predicted molar refractivity (Wildman–Crippen MR) is 126 cm³/mol. The molecule has 1 aliphatic carbocycles. The highest BCUT2D eigenvalue weighted by molar-refractivity contribution is 8.26. The van der Waals surface area contributed by atoms with E-state index in [0.29, 0.717) is 14.6 Å². The van der Waals surface area contributed by atoms with Gasteiger partial charge in [0.1, 0.15) is 10.4 Å². The number of hydrogen-bond donors (Lipinski definition) is 1. The van der Waals surface area contributed by atoms with E-state index in [4.69, 9.17) is 12.2 Å². The third kappa shape index (κ3) is 4.28. The molecule has 160 valence electrons. The van der Waals surface area contributed by atoms with Crippen LogP contribution in [-0.2, 0) is 9.59 Å². The maximum atomic E-state index is 12.6. The van der Waals surface area contributed by atoms with Crippen LogP contribution in [0.15, 0.2) is 29.2 Å². The molecular formula is C23H28N2O3S2. The van der Waals surface area contributed by atoms with Crippen molar-refractivity contribution in [3.8, 4) is 0 Å². The van der Waals surface area contributed by atoms with E-state index < -0.39 is 12.0 Å². The van der Waals surface area contributed by atoms with E-state index in [1.54, 1.807) is 6.08 Å². The Labute approximate surface area is 187 Å². The van der Waals surface area contributed by atoms with Gasteiger partial charge in [-0.2, -0.15) is 0 Å². The standard InChI is InChI=1S/C23H28N2O3S2/c1-16(21(27)28)25-20(26)19(30-22(25)29)15-17-5-7-18(8-6-17)24-13-11-23(12-14-24)9-3-2-4-10-23/h5-8,15-16H,2-4,9-14H2,1H3,(H,27,28). The molecule has 30 heavy (non-hydrogen) atoms. The third-order valence-electron chi connectivity index (χ3n) is 6.86. The summed E-state index contributed by atoms with van der Waals surface area (Å²) in [4.78, 5) is 28.0. The van der Waals surface area contributed by atoms with Crippen molar-refractivity contribution in [1.29, 1.82) is 0 Å². The quantitative estimate of drug-likeness (QED) is 0.526. The van der Waals surface area contributed by atoms with Crippen LogP contribution >= 0.6 is 24.0 Å². The lowest BCUT2D eigenvalue weighted by Crippen LogP contribution is -2.41. The van der Waals surface area contributed by atoms with Gasteiger partial charge in [-0.15, -0.1) is 0 Å². The molecule has 2 heterocycles. The summed E-state index contributed by atoms with van der Waals surface area (Å²) in [6, 6.07) is 7.31. The summed E-state index contributed by atoms with van der Waals surface area (Å²) in [5.74, 6) is -1.40. The topological polar surface area (TPSA) is 60.9 Å². The number of carbonyl (C=O) groups excluding carboxylic acids is 1. The number of piperidine rings is 1. The number of hydrogen-bond acceptors (Lipinski definition) is 5. The monoisotopic (exact) mass is 444 g/mol. The van der Waals surface area contributed by atoms with E-state index in [-0.39, 0.29) is 5.91 Å². The molecule has 0 bridgehead atoms. The number of carboxylic acids is 1. The first kappa shape index (κ1) is 21.4. The van der Waals surface area contributed by atoms with Crippen LogP contribution in [0.3, 0.4) is 0 Å². The number of carboxylic acid groups (broad SMARTS) is 1. The molecule has 2 aliphatic heterocycles. The van der Waals surface area contributed by atoms with Gasteiger partial charge < -0.3 is 10.0 Å². The number of benzene rings is 1. The van der Waals surface area contributed by atoms with Crippen LogP contribution in [0.5, 0.6) is 0 Å². The zero-order chi connectivity index (χ0) is 21.3. The number of rotatable bonds is 4. The molecule has 1 unspecified atom stereocenters. The number of carbonyl (C=O) groups is 2. The van der Waals surface area contributed by atoms with E-state index in [1.807, 2.05) is 12.1 Å². The lowest BCUT2D eigenvalue weighted by Gasteiger charge is -2.45. The Morgan fingerprint density at radius 3 is 2.37 bits per heavy atom. The van der Waals surface area contributed by atoms with Crippen molar-refractivity contribution in [2.45, 2.75) is 57.9 Å². The average molecular weight is 445 g/mol. The molecule has 2 saturated heterocycles. The summed E-state index contributed by atoms with van der Waals surface area (Å²) < 4.78 is 0.294. The molecule has 1 N–H and O–H groups in total. The Morgan fingerprint density at radius 1 is 1.13 bits per heavy atom. The Bertz CT molecular complexity index is 865. The van der Waals surface area contributed by atoms with Crippen molar-refractivity contribution in [3.05, 3.63) is 34.7 Å². The lowest BCUT2D eigenvalue weighted by atomic mass is 9.68. The summed E-state index contributed by atoms with van der Waals surface area (Å²) in [7, 11) is 0. The van der Waals surface area contributed by atoms with Crippen LogP contribution in [0.25, 0.3) is 6.08 Å². The molecule has 1 spiro atoms. The second kappa shape index (κ2) is 8.71. The van der Waals surface area contributed by atoms with Gasteiger partial charge in [-0.3, -0.25) is 9.69 Å². The maximum Gasteiger partial charge on any atom is 0.326 e. The lowest BCUT2D eigenvalue weighted by molar-refractivity contribution is -0.144. The second-order valence-electron chi connectivity index (χ2n) is 8.71. The predicted octanol–water partition coefficient (Wildman–Crippen LogP) is 4.91. The highest BCUT2D eigenvalue weighted by atomic mass is 32.2. The van der Waals surface area contributed by atoms with Gasteiger partial charge in [0.15, 0.2) is 0 Å². The van der Waals surface area contributed by atoms with Crippen LogP contribution in [0.1, 0.15) is 57.4 Å². The van der Waals surface area contributed by atoms with Gasteiger partial charge in [0, 0.05) is 18.8 Å². The normalized spacial score (nSPS) is 24.0. The Hall–Kier alpha value is -1.86.